The fraction of sp³-hybridized carbons (Fsp3) is 0.565. The van der Waals surface area contributed by atoms with E-state index in [1.165, 1.54) is 11.6 Å². The van der Waals surface area contributed by atoms with E-state index in [1.54, 1.807) is 0 Å². The number of nitrogen functional groups attached to an aromatic ring is 1. The van der Waals surface area contributed by atoms with Crippen LogP contribution in [0.5, 0.6) is 0 Å². The number of anilines is 1. The van der Waals surface area contributed by atoms with Crippen molar-refractivity contribution in [3.63, 3.8) is 0 Å². The number of ketones is 1. The molecule has 2 aromatic heterocycles. The molecule has 5 rings (SSSR count). The summed E-state index contributed by atoms with van der Waals surface area (Å²) in [6, 6.07) is -1.21. The van der Waals surface area contributed by atoms with Gasteiger partial charge < -0.3 is 26.7 Å². The number of thiazole rings is 1. The molecule has 0 unspecified atom stereocenters. The number of aromatic nitrogens is 4. The molecule has 2 saturated heterocycles. The van der Waals surface area contributed by atoms with E-state index in [0.29, 0.717) is 23.9 Å². The van der Waals surface area contributed by atoms with Gasteiger partial charge in [0.15, 0.2) is 16.6 Å². The fourth-order valence-electron chi connectivity index (χ4n) is 4.63. The van der Waals surface area contributed by atoms with Crippen LogP contribution in [0.25, 0.3) is 0 Å². The highest BCUT2D eigenvalue weighted by molar-refractivity contribution is 7.84. The normalized spacial score (nSPS) is 22.2. The molecule has 18 nitrogen and oxygen atoms in total. The van der Waals surface area contributed by atoms with E-state index in [0.717, 1.165) is 35.6 Å². The molecule has 3 fully saturated rings. The van der Waals surface area contributed by atoms with Gasteiger partial charge in [-0.15, -0.1) is 11.3 Å². The van der Waals surface area contributed by atoms with Gasteiger partial charge in [-0.1, -0.05) is 5.16 Å². The zero-order valence-electron chi connectivity index (χ0n) is 22.7. The van der Waals surface area contributed by atoms with Crippen LogP contribution in [-0.4, -0.2) is 96.3 Å². The molecule has 1 amide bonds. The molecule has 43 heavy (non-hydrogen) atoms. The lowest BCUT2D eigenvalue weighted by Crippen LogP contribution is -2.64. The minimum Gasteiger partial charge on any atom is -0.478 e. The van der Waals surface area contributed by atoms with Gasteiger partial charge in [0.1, 0.15) is 11.4 Å². The van der Waals surface area contributed by atoms with Crippen LogP contribution in [-0.2, 0) is 42.6 Å². The van der Waals surface area contributed by atoms with Crippen LogP contribution in [0.3, 0.4) is 0 Å². The SMILES string of the molecule is NC(CCC1CNC1)=NCc1cnn(C[C@@H]2[C@H](CC(=O)/C(=N\OC3(C(=O)O)CC3)c3csc(N)n3)C(=O)N2S(=O)(=O)O)n1. The number of aliphatic carboxylic acids is 1. The molecule has 0 radical (unpaired) electrons. The summed E-state index contributed by atoms with van der Waals surface area (Å²) in [7, 11) is -4.97. The van der Waals surface area contributed by atoms with Gasteiger partial charge >= 0.3 is 16.3 Å². The van der Waals surface area contributed by atoms with Gasteiger partial charge in [-0.05, 0) is 25.4 Å². The second-order valence-electron chi connectivity index (χ2n) is 10.6. The number of oxime groups is 1. The van der Waals surface area contributed by atoms with E-state index in [4.69, 9.17) is 16.3 Å². The molecule has 1 aliphatic carbocycles. The molecule has 0 bridgehead atoms. The van der Waals surface area contributed by atoms with Gasteiger partial charge in [0.2, 0.25) is 11.5 Å². The second kappa shape index (κ2) is 11.9. The summed E-state index contributed by atoms with van der Waals surface area (Å²) in [5, 5.41) is 26.2. The minimum atomic E-state index is -4.97. The van der Waals surface area contributed by atoms with Crippen molar-refractivity contribution >= 4 is 56.0 Å². The molecule has 0 aromatic carbocycles. The Morgan fingerprint density at radius 3 is 2.63 bits per heavy atom. The summed E-state index contributed by atoms with van der Waals surface area (Å²) in [6.45, 7) is 1.79. The summed E-state index contributed by atoms with van der Waals surface area (Å²) in [6.07, 6.45) is 2.80. The predicted molar refractivity (Wildman–Crippen MR) is 150 cm³/mol. The topological polar surface area (TPSA) is 271 Å². The Morgan fingerprint density at radius 2 is 2.05 bits per heavy atom. The highest BCUT2D eigenvalue weighted by atomic mass is 32.2. The standard InChI is InChI=1S/C23H30N10O8S2/c24-18(2-1-12-6-26-7-12)27-8-13-9-28-32(30-13)10-16-14(20(35)33(16)43(38,39)40)5-17(34)19(15-11-42-22(25)29-15)31-41-23(3-4-23)21(36)37/h9,11-12,14,16,26H,1-8,10H2,(H2,24,27)(H2,25,29)(H,36,37)(H,38,39,40)/b31-19-/t14-,16+/m0/s1. The maximum absolute atomic E-state index is 13.3. The van der Waals surface area contributed by atoms with Crippen molar-refractivity contribution in [2.45, 2.75) is 56.8 Å². The van der Waals surface area contributed by atoms with E-state index < -0.39 is 51.9 Å². The molecule has 7 N–H and O–H groups in total. The van der Waals surface area contributed by atoms with Crippen LogP contribution in [0, 0.1) is 11.8 Å². The van der Waals surface area contributed by atoms with Gasteiger partial charge in [-0.3, -0.25) is 19.1 Å². The second-order valence-corrected chi connectivity index (χ2v) is 12.8. The predicted octanol–water partition coefficient (Wildman–Crippen LogP) is -1.20. The average Bonchev–Trinajstić information content (AvgIpc) is 3.37. The monoisotopic (exact) mass is 638 g/mol. The van der Waals surface area contributed by atoms with Crippen LogP contribution < -0.4 is 16.8 Å². The fourth-order valence-corrected chi connectivity index (χ4v) is 6.10. The first-order chi connectivity index (χ1) is 20.4. The Labute approximate surface area is 249 Å². The smallest absolute Gasteiger partial charge is 0.362 e. The molecule has 4 heterocycles. The zero-order chi connectivity index (χ0) is 30.9. The van der Waals surface area contributed by atoms with Crippen molar-refractivity contribution in [1.82, 2.24) is 29.6 Å². The maximum Gasteiger partial charge on any atom is 0.362 e. The largest absolute Gasteiger partial charge is 0.478 e. The lowest BCUT2D eigenvalue weighted by atomic mass is 9.84. The Bertz CT molecular complexity index is 1580. The first-order valence-electron chi connectivity index (χ1n) is 13.3. The molecule has 1 saturated carbocycles. The van der Waals surface area contributed by atoms with E-state index in [9.17, 15) is 32.5 Å². The Balaban J connectivity index is 1.28. The number of carboxylic acid groups (broad SMARTS) is 1. The number of amidine groups is 1. The number of hydrogen-bond donors (Lipinski definition) is 5. The molecule has 0 spiro atoms. The summed E-state index contributed by atoms with van der Waals surface area (Å²) < 4.78 is 33.9. The van der Waals surface area contributed by atoms with Gasteiger partial charge in [0, 0.05) is 31.1 Å². The van der Waals surface area contributed by atoms with Crippen LogP contribution in [0.15, 0.2) is 21.7 Å². The number of aliphatic imine (C=N–C) groups is 1. The number of nitrogens with zero attached hydrogens (tertiary/aromatic N) is 7. The van der Waals surface area contributed by atoms with Crippen molar-refractivity contribution in [3.8, 4) is 0 Å². The highest BCUT2D eigenvalue weighted by Crippen LogP contribution is 2.40. The Hall–Kier alpha value is -4.01. The summed E-state index contributed by atoms with van der Waals surface area (Å²) in [5.41, 5.74) is 10.2. The van der Waals surface area contributed by atoms with E-state index >= 15 is 0 Å². The number of nitrogens with one attached hydrogen (secondary N) is 1. The maximum atomic E-state index is 13.3. The number of carboxylic acids is 1. The van der Waals surface area contributed by atoms with Gasteiger partial charge in [0.05, 0.1) is 37.1 Å². The van der Waals surface area contributed by atoms with Crippen LogP contribution in [0.4, 0.5) is 5.13 Å². The molecular weight excluding hydrogens is 608 g/mol. The van der Waals surface area contributed by atoms with E-state index in [1.807, 2.05) is 0 Å². The van der Waals surface area contributed by atoms with Crippen molar-refractivity contribution in [2.24, 2.45) is 27.7 Å². The first-order valence-corrected chi connectivity index (χ1v) is 15.6. The van der Waals surface area contributed by atoms with E-state index in [2.05, 4.69) is 30.6 Å². The zero-order valence-corrected chi connectivity index (χ0v) is 24.3. The number of amides is 1. The average molecular weight is 639 g/mol. The van der Waals surface area contributed by atoms with Crippen molar-refractivity contribution in [2.75, 3.05) is 18.8 Å². The quantitative estimate of drug-likeness (QED) is 0.0504. The third kappa shape index (κ3) is 6.81. The Kier molecular flexibility index (Phi) is 8.45. The van der Waals surface area contributed by atoms with Crippen molar-refractivity contribution < 1.29 is 37.3 Å². The minimum absolute atomic E-state index is 0.00575. The van der Waals surface area contributed by atoms with Gasteiger partial charge in [0.25, 0.3) is 0 Å². The summed E-state index contributed by atoms with van der Waals surface area (Å²) in [5.74, 6) is -3.20. The Morgan fingerprint density at radius 1 is 1.30 bits per heavy atom. The lowest BCUT2D eigenvalue weighted by Gasteiger charge is -2.43. The van der Waals surface area contributed by atoms with Crippen LogP contribution in [0.1, 0.15) is 43.5 Å². The van der Waals surface area contributed by atoms with E-state index in [-0.39, 0.29) is 46.8 Å². The molecule has 2 atom stereocenters. The number of Topliss-reactive ketones (excluding diaryl/α,β-unsaturated/α-hetero) is 1. The highest BCUT2D eigenvalue weighted by Gasteiger charge is 2.56. The van der Waals surface area contributed by atoms with Gasteiger partial charge in [-0.25, -0.2) is 14.1 Å². The van der Waals surface area contributed by atoms with Crippen molar-refractivity contribution in [3.05, 3.63) is 23.0 Å². The summed E-state index contributed by atoms with van der Waals surface area (Å²) >= 11 is 1.00. The molecule has 2 aliphatic heterocycles. The molecule has 2 aromatic rings. The molecular formula is C23H30N10O8S2. The molecule has 3 aliphatic rings. The molecule has 232 valence electrons. The van der Waals surface area contributed by atoms with Crippen LogP contribution in [0.2, 0.25) is 0 Å². The van der Waals surface area contributed by atoms with Crippen LogP contribution >= 0.6 is 11.3 Å². The number of rotatable bonds is 15. The number of nitrogens with two attached hydrogens (primary N) is 2. The number of carbonyl (C=O) groups excluding carboxylic acids is 2. The third-order valence-corrected chi connectivity index (χ3v) is 9.06. The van der Waals surface area contributed by atoms with Gasteiger partial charge in [-0.2, -0.15) is 23.4 Å². The molecule has 20 heteroatoms. The first kappa shape index (κ1) is 30.4. The third-order valence-electron chi connectivity index (χ3n) is 7.44. The lowest BCUT2D eigenvalue weighted by molar-refractivity contribution is -0.153. The number of β-lactam (4-membered cyclic amide) rings is 1. The number of hydrogen-bond acceptors (Lipinski definition) is 14. The van der Waals surface area contributed by atoms with Crippen molar-refractivity contribution in [1.29, 1.82) is 0 Å². The number of carbonyl (C=O) groups is 3. The summed E-state index contributed by atoms with van der Waals surface area (Å²) in [4.78, 5) is 52.3.